The van der Waals surface area contributed by atoms with Crippen LogP contribution >= 0.6 is 23.2 Å². The summed E-state index contributed by atoms with van der Waals surface area (Å²) in [7, 11) is 0. The molecule has 2 heterocycles. The molecule has 0 saturated carbocycles. The molecule has 2 atom stereocenters. The van der Waals surface area contributed by atoms with Crippen LogP contribution < -0.4 is 10.6 Å². The number of carbonyl (C=O) groups excluding carboxylic acids is 1. The molecular weight excluding hydrogens is 513 g/mol. The van der Waals surface area contributed by atoms with Crippen molar-refractivity contribution >= 4 is 40.9 Å². The molecule has 2 aromatic carbocycles. The van der Waals surface area contributed by atoms with Crippen LogP contribution in [0, 0.1) is 0 Å². The molecule has 1 aromatic heterocycles. The number of carboxylic acid groups (broad SMARTS) is 1. The third-order valence-electron chi connectivity index (χ3n) is 6.36. The van der Waals surface area contributed by atoms with E-state index >= 15 is 0 Å². The summed E-state index contributed by atoms with van der Waals surface area (Å²) in [4.78, 5) is 29.2. The van der Waals surface area contributed by atoms with Crippen LogP contribution in [0.25, 0.3) is 0 Å². The summed E-state index contributed by atoms with van der Waals surface area (Å²) in [6, 6.07) is 15.2. The number of aryl methyl sites for hydroxylation is 1. The number of hydrogen-bond acceptors (Lipinski definition) is 5. The number of nitrogens with one attached hydrogen (secondary N) is 2. The van der Waals surface area contributed by atoms with Crippen molar-refractivity contribution in [2.45, 2.75) is 44.8 Å². The van der Waals surface area contributed by atoms with Crippen LogP contribution in [-0.2, 0) is 28.8 Å². The van der Waals surface area contributed by atoms with Crippen molar-refractivity contribution in [2.75, 3.05) is 18.5 Å². The molecule has 1 amide bonds. The molecule has 0 bridgehead atoms. The molecule has 0 aliphatic carbocycles. The second-order valence-electron chi connectivity index (χ2n) is 9.01. The first-order chi connectivity index (χ1) is 17.8. The van der Waals surface area contributed by atoms with Gasteiger partial charge >= 0.3 is 5.97 Å². The summed E-state index contributed by atoms with van der Waals surface area (Å²) < 4.78 is 6.02. The first-order valence-electron chi connectivity index (χ1n) is 12.2. The van der Waals surface area contributed by atoms with E-state index in [1.165, 1.54) is 17.7 Å². The smallest absolute Gasteiger partial charge is 0.326 e. The van der Waals surface area contributed by atoms with Crippen molar-refractivity contribution in [2.24, 2.45) is 0 Å². The number of halogens is 2. The fourth-order valence-electron chi connectivity index (χ4n) is 4.25. The molecule has 7 nitrogen and oxygen atoms in total. The number of benzene rings is 2. The summed E-state index contributed by atoms with van der Waals surface area (Å²) in [6.07, 6.45) is 2.89. The summed E-state index contributed by atoms with van der Waals surface area (Å²) in [5.74, 6) is -0.799. The van der Waals surface area contributed by atoms with Gasteiger partial charge in [0.1, 0.15) is 11.9 Å². The molecule has 9 heteroatoms. The Labute approximate surface area is 226 Å². The monoisotopic (exact) mass is 541 g/mol. The zero-order chi connectivity index (χ0) is 26.4. The number of aromatic nitrogens is 1. The first kappa shape index (κ1) is 26.9. The van der Waals surface area contributed by atoms with E-state index in [4.69, 9.17) is 32.9 Å². The van der Waals surface area contributed by atoms with Crippen molar-refractivity contribution in [3.63, 3.8) is 0 Å². The Balaban J connectivity index is 1.31. The fraction of sp³-hybridized carbons (Fsp3) is 0.321. The van der Waals surface area contributed by atoms with Gasteiger partial charge in [0.05, 0.1) is 28.3 Å². The summed E-state index contributed by atoms with van der Waals surface area (Å²) in [5, 5.41) is 15.9. The van der Waals surface area contributed by atoms with E-state index < -0.39 is 17.9 Å². The number of ether oxygens (including phenoxy) is 1. The molecule has 3 aromatic rings. The van der Waals surface area contributed by atoms with E-state index in [-0.39, 0.29) is 28.1 Å². The Morgan fingerprint density at radius 2 is 1.84 bits per heavy atom. The zero-order valence-corrected chi connectivity index (χ0v) is 22.0. The first-order valence-corrected chi connectivity index (χ1v) is 13.0. The van der Waals surface area contributed by atoms with Crippen molar-refractivity contribution in [1.29, 1.82) is 0 Å². The van der Waals surface area contributed by atoms with Gasteiger partial charge in [-0.15, -0.1) is 0 Å². The second kappa shape index (κ2) is 12.4. The van der Waals surface area contributed by atoms with E-state index in [9.17, 15) is 14.7 Å². The third kappa shape index (κ3) is 7.01. The average Bonchev–Trinajstić information content (AvgIpc) is 2.88. The molecule has 0 radical (unpaired) electrons. The second-order valence-corrected chi connectivity index (χ2v) is 9.82. The average molecular weight is 542 g/mol. The van der Waals surface area contributed by atoms with Gasteiger partial charge in [-0.2, -0.15) is 0 Å². The van der Waals surface area contributed by atoms with Gasteiger partial charge in [0.15, 0.2) is 0 Å². The molecule has 1 aliphatic heterocycles. The maximum absolute atomic E-state index is 12.6. The van der Waals surface area contributed by atoms with Gasteiger partial charge < -0.3 is 20.5 Å². The number of carboxylic acids is 1. The summed E-state index contributed by atoms with van der Waals surface area (Å²) in [5.41, 5.74) is 4.06. The Morgan fingerprint density at radius 1 is 1.11 bits per heavy atom. The van der Waals surface area contributed by atoms with Crippen molar-refractivity contribution in [3.8, 4) is 0 Å². The molecule has 3 N–H and O–H groups in total. The molecule has 0 spiro atoms. The maximum atomic E-state index is 12.6. The van der Waals surface area contributed by atoms with Crippen LogP contribution in [0.4, 0.5) is 5.82 Å². The van der Waals surface area contributed by atoms with Crippen LogP contribution in [0.2, 0.25) is 10.0 Å². The SMILES string of the molecule is CC(OCCc1ccc2c(n1)NCCC2)c1ccc(C[C@H](NC(=O)c2c(Cl)cccc2Cl)C(=O)O)cc1. The van der Waals surface area contributed by atoms with Crippen LogP contribution in [0.15, 0.2) is 54.6 Å². The van der Waals surface area contributed by atoms with E-state index in [0.29, 0.717) is 13.0 Å². The lowest BCUT2D eigenvalue weighted by atomic mass is 10.0. The number of hydrogen-bond donors (Lipinski definition) is 3. The summed E-state index contributed by atoms with van der Waals surface area (Å²) in [6.45, 7) is 3.47. The highest BCUT2D eigenvalue weighted by atomic mass is 35.5. The Hall–Kier alpha value is -3.13. The topological polar surface area (TPSA) is 101 Å². The maximum Gasteiger partial charge on any atom is 0.326 e. The number of aliphatic carboxylic acids is 1. The fourth-order valence-corrected chi connectivity index (χ4v) is 4.82. The lowest BCUT2D eigenvalue weighted by Gasteiger charge is -2.18. The minimum absolute atomic E-state index is 0.0558. The predicted octanol–water partition coefficient (Wildman–Crippen LogP) is 5.49. The molecule has 0 saturated heterocycles. The molecule has 1 aliphatic rings. The van der Waals surface area contributed by atoms with Gasteiger partial charge in [-0.3, -0.25) is 4.79 Å². The molecular formula is C28H29Cl2N3O4. The van der Waals surface area contributed by atoms with Crippen LogP contribution in [-0.4, -0.2) is 41.2 Å². The van der Waals surface area contributed by atoms with Gasteiger partial charge in [-0.05, 0) is 54.7 Å². The number of pyridine rings is 1. The normalized spacial score (nSPS) is 14.2. The highest BCUT2D eigenvalue weighted by Gasteiger charge is 2.24. The Morgan fingerprint density at radius 3 is 2.54 bits per heavy atom. The van der Waals surface area contributed by atoms with Crippen LogP contribution in [0.5, 0.6) is 0 Å². The third-order valence-corrected chi connectivity index (χ3v) is 6.99. The van der Waals surface area contributed by atoms with Gasteiger partial charge in [-0.25, -0.2) is 9.78 Å². The van der Waals surface area contributed by atoms with Crippen LogP contribution in [0.3, 0.4) is 0 Å². The minimum Gasteiger partial charge on any atom is -0.480 e. The quantitative estimate of drug-likeness (QED) is 0.313. The lowest BCUT2D eigenvalue weighted by molar-refractivity contribution is -0.139. The van der Waals surface area contributed by atoms with Gasteiger partial charge in [-0.1, -0.05) is 59.6 Å². The number of carbonyl (C=O) groups is 2. The zero-order valence-electron chi connectivity index (χ0n) is 20.5. The van der Waals surface area contributed by atoms with Crippen LogP contribution in [0.1, 0.15) is 52.2 Å². The molecule has 1 unspecified atom stereocenters. The molecule has 0 fully saturated rings. The van der Waals surface area contributed by atoms with E-state index in [1.54, 1.807) is 6.07 Å². The van der Waals surface area contributed by atoms with Gasteiger partial charge in [0.25, 0.3) is 5.91 Å². The standard InChI is InChI=1S/C28H29Cl2N3O4/c1-17(37-15-13-21-12-11-20-4-3-14-31-26(20)32-21)19-9-7-18(8-10-19)16-24(28(35)36)33-27(34)25-22(29)5-2-6-23(25)30/h2,5-12,17,24H,3-4,13-16H2,1H3,(H,31,32)(H,33,34)(H,35,36)/t17?,24-/m0/s1. The largest absolute Gasteiger partial charge is 0.480 e. The lowest BCUT2D eigenvalue weighted by Crippen LogP contribution is -2.42. The molecule has 194 valence electrons. The predicted molar refractivity (Wildman–Crippen MR) is 145 cm³/mol. The Bertz CT molecular complexity index is 1250. The number of rotatable bonds is 10. The number of amides is 1. The summed E-state index contributed by atoms with van der Waals surface area (Å²) >= 11 is 12.2. The van der Waals surface area contributed by atoms with E-state index in [0.717, 1.165) is 42.0 Å². The van der Waals surface area contributed by atoms with Crippen molar-refractivity contribution in [1.82, 2.24) is 10.3 Å². The highest BCUT2D eigenvalue weighted by Crippen LogP contribution is 2.25. The molecule has 37 heavy (non-hydrogen) atoms. The Kier molecular flexibility index (Phi) is 9.03. The van der Waals surface area contributed by atoms with Crippen molar-refractivity contribution in [3.05, 3.63) is 92.6 Å². The van der Waals surface area contributed by atoms with Crippen molar-refractivity contribution < 1.29 is 19.4 Å². The number of fused-ring (bicyclic) bond motifs is 1. The highest BCUT2D eigenvalue weighted by molar-refractivity contribution is 6.39. The molecule has 4 rings (SSSR count). The minimum atomic E-state index is -1.15. The van der Waals surface area contributed by atoms with Gasteiger partial charge in [0.2, 0.25) is 0 Å². The van der Waals surface area contributed by atoms with E-state index in [2.05, 4.69) is 22.8 Å². The van der Waals surface area contributed by atoms with E-state index in [1.807, 2.05) is 31.2 Å². The van der Waals surface area contributed by atoms with Gasteiger partial charge in [0, 0.05) is 25.1 Å². The number of nitrogens with zero attached hydrogens (tertiary/aromatic N) is 1. The number of anilines is 1.